The second-order valence-electron chi connectivity index (χ2n) is 5.18. The fraction of sp³-hybridized carbons (Fsp3) is 0.467. The third-order valence-electron chi connectivity index (χ3n) is 3.56. The number of ether oxygens (including phenoxy) is 1. The summed E-state index contributed by atoms with van der Waals surface area (Å²) in [5.41, 5.74) is 0. The summed E-state index contributed by atoms with van der Waals surface area (Å²) in [4.78, 5) is 25.0. The van der Waals surface area contributed by atoms with Gasteiger partial charge in [-0.2, -0.15) is 0 Å². The largest absolute Gasteiger partial charge is 0.481 e. The lowest BCUT2D eigenvalue weighted by Crippen LogP contribution is -2.47. The minimum Gasteiger partial charge on any atom is -0.481 e. The average Bonchev–Trinajstić information content (AvgIpc) is 2.49. The molecule has 1 unspecified atom stereocenters. The maximum absolute atomic E-state index is 12.3. The number of carbonyl (C=O) groups excluding carboxylic acids is 1. The third kappa shape index (κ3) is 4.20. The van der Waals surface area contributed by atoms with Crippen molar-refractivity contribution < 1.29 is 19.4 Å². The Labute approximate surface area is 132 Å². The van der Waals surface area contributed by atoms with Gasteiger partial charge in [-0.05, 0) is 44.0 Å². The molecule has 2 atom stereocenters. The van der Waals surface area contributed by atoms with E-state index in [9.17, 15) is 9.59 Å². The zero-order chi connectivity index (χ0) is 15.4. The first-order valence-corrected chi connectivity index (χ1v) is 7.70. The van der Waals surface area contributed by atoms with Gasteiger partial charge in [0, 0.05) is 17.6 Å². The highest BCUT2D eigenvalue weighted by molar-refractivity contribution is 9.10. The quantitative estimate of drug-likeness (QED) is 0.900. The molecule has 1 aliphatic rings. The van der Waals surface area contributed by atoms with Crippen molar-refractivity contribution in [3.8, 4) is 5.75 Å². The maximum Gasteiger partial charge on any atom is 0.308 e. The van der Waals surface area contributed by atoms with Crippen LogP contribution in [0.3, 0.4) is 0 Å². The number of aliphatic carboxylic acids is 1. The number of nitrogens with zero attached hydrogens (tertiary/aromatic N) is 1. The van der Waals surface area contributed by atoms with Crippen LogP contribution in [0.1, 0.15) is 19.8 Å². The molecule has 1 aromatic carbocycles. The van der Waals surface area contributed by atoms with Crippen LogP contribution in [-0.2, 0) is 9.59 Å². The lowest BCUT2D eigenvalue weighted by atomic mass is 9.98. The molecule has 0 bridgehead atoms. The SMILES string of the molecule is CC(Oc1ccc(Br)cc1)C(=O)N1CCC[C@@H](C(=O)O)C1. The van der Waals surface area contributed by atoms with E-state index in [1.807, 2.05) is 12.1 Å². The van der Waals surface area contributed by atoms with Gasteiger partial charge < -0.3 is 14.7 Å². The first-order valence-electron chi connectivity index (χ1n) is 6.91. The highest BCUT2D eigenvalue weighted by atomic mass is 79.9. The Balaban J connectivity index is 1.95. The van der Waals surface area contributed by atoms with Crippen molar-refractivity contribution in [2.24, 2.45) is 5.92 Å². The fourth-order valence-corrected chi connectivity index (χ4v) is 2.67. The predicted molar refractivity (Wildman–Crippen MR) is 81.2 cm³/mol. The molecule has 0 saturated carbocycles. The molecule has 0 aliphatic carbocycles. The van der Waals surface area contributed by atoms with Crippen molar-refractivity contribution >= 4 is 27.8 Å². The van der Waals surface area contributed by atoms with E-state index in [0.717, 1.165) is 4.47 Å². The summed E-state index contributed by atoms with van der Waals surface area (Å²) in [5, 5.41) is 9.06. The van der Waals surface area contributed by atoms with Crippen LogP contribution in [0, 0.1) is 5.92 Å². The molecular formula is C15H18BrNO4. The van der Waals surface area contributed by atoms with Crippen molar-refractivity contribution in [3.05, 3.63) is 28.7 Å². The summed E-state index contributed by atoms with van der Waals surface area (Å²) in [6, 6.07) is 7.25. The lowest BCUT2D eigenvalue weighted by molar-refractivity contribution is -0.147. The summed E-state index contributed by atoms with van der Waals surface area (Å²) < 4.78 is 6.56. The number of benzene rings is 1. The molecule has 1 N–H and O–H groups in total. The number of amides is 1. The smallest absolute Gasteiger partial charge is 0.308 e. The minimum atomic E-state index is -0.839. The molecule has 1 saturated heterocycles. The highest BCUT2D eigenvalue weighted by Gasteiger charge is 2.30. The molecule has 0 radical (unpaired) electrons. The van der Waals surface area contributed by atoms with Crippen molar-refractivity contribution in [1.29, 1.82) is 0 Å². The Kier molecular flexibility index (Phi) is 5.22. The van der Waals surface area contributed by atoms with E-state index in [0.29, 0.717) is 25.1 Å². The van der Waals surface area contributed by atoms with Crippen molar-refractivity contribution in [2.75, 3.05) is 13.1 Å². The van der Waals surface area contributed by atoms with Gasteiger partial charge in [-0.25, -0.2) is 0 Å². The third-order valence-corrected chi connectivity index (χ3v) is 4.09. The number of piperidine rings is 1. The van der Waals surface area contributed by atoms with E-state index in [1.165, 1.54) is 0 Å². The van der Waals surface area contributed by atoms with Crippen LogP contribution in [0.4, 0.5) is 0 Å². The van der Waals surface area contributed by atoms with Crippen LogP contribution in [-0.4, -0.2) is 41.1 Å². The van der Waals surface area contributed by atoms with Crippen LogP contribution < -0.4 is 4.74 Å². The second-order valence-corrected chi connectivity index (χ2v) is 6.09. The average molecular weight is 356 g/mol. The van der Waals surface area contributed by atoms with E-state index in [4.69, 9.17) is 9.84 Å². The van der Waals surface area contributed by atoms with Gasteiger partial charge in [0.05, 0.1) is 5.92 Å². The Morgan fingerprint density at radius 1 is 1.38 bits per heavy atom. The number of halogens is 1. The molecule has 5 nitrogen and oxygen atoms in total. The van der Waals surface area contributed by atoms with E-state index < -0.39 is 18.0 Å². The summed E-state index contributed by atoms with van der Waals surface area (Å²) in [7, 11) is 0. The van der Waals surface area contributed by atoms with Gasteiger partial charge in [-0.1, -0.05) is 15.9 Å². The van der Waals surface area contributed by atoms with Gasteiger partial charge in [0.15, 0.2) is 6.10 Å². The highest BCUT2D eigenvalue weighted by Crippen LogP contribution is 2.20. The summed E-state index contributed by atoms with van der Waals surface area (Å²) in [5.74, 6) is -0.855. The van der Waals surface area contributed by atoms with Crippen LogP contribution in [0.5, 0.6) is 5.75 Å². The standard InChI is InChI=1S/C15H18BrNO4/c1-10(21-13-6-4-12(16)5-7-13)14(18)17-8-2-3-11(9-17)15(19)20/h4-7,10-11H,2-3,8-9H2,1H3,(H,19,20)/t10?,11-/m1/s1. The van der Waals surface area contributed by atoms with Gasteiger partial charge in [0.1, 0.15) is 5.75 Å². The van der Waals surface area contributed by atoms with Gasteiger partial charge in [-0.15, -0.1) is 0 Å². The number of rotatable bonds is 4. The van der Waals surface area contributed by atoms with Crippen LogP contribution in [0.15, 0.2) is 28.7 Å². The molecule has 1 fully saturated rings. The number of carboxylic acid groups (broad SMARTS) is 1. The molecule has 1 heterocycles. The van der Waals surface area contributed by atoms with Crippen molar-refractivity contribution in [1.82, 2.24) is 4.90 Å². The Bertz CT molecular complexity index is 517. The summed E-state index contributed by atoms with van der Waals surface area (Å²) in [6.07, 6.45) is 0.716. The zero-order valence-electron chi connectivity index (χ0n) is 11.8. The molecule has 21 heavy (non-hydrogen) atoms. The minimum absolute atomic E-state index is 0.163. The molecule has 1 aromatic rings. The number of carbonyl (C=O) groups is 2. The topological polar surface area (TPSA) is 66.8 Å². The van der Waals surface area contributed by atoms with Gasteiger partial charge >= 0.3 is 5.97 Å². The molecule has 1 amide bonds. The normalized spacial score (nSPS) is 19.9. The molecule has 114 valence electrons. The molecule has 1 aliphatic heterocycles. The number of carboxylic acids is 1. The molecule has 2 rings (SSSR count). The zero-order valence-corrected chi connectivity index (χ0v) is 13.4. The van der Waals surface area contributed by atoms with Crippen molar-refractivity contribution in [2.45, 2.75) is 25.9 Å². The van der Waals surface area contributed by atoms with E-state index in [1.54, 1.807) is 24.0 Å². The second kappa shape index (κ2) is 6.93. The van der Waals surface area contributed by atoms with Crippen LogP contribution >= 0.6 is 15.9 Å². The Morgan fingerprint density at radius 3 is 2.67 bits per heavy atom. The Hall–Kier alpha value is -1.56. The lowest BCUT2D eigenvalue weighted by Gasteiger charge is -2.32. The van der Waals surface area contributed by atoms with E-state index >= 15 is 0 Å². The number of hydrogen-bond donors (Lipinski definition) is 1. The molecule has 0 aromatic heterocycles. The van der Waals surface area contributed by atoms with Gasteiger partial charge in [0.2, 0.25) is 0 Å². The predicted octanol–water partition coefficient (Wildman–Crippen LogP) is 2.54. The summed E-state index contributed by atoms with van der Waals surface area (Å²) in [6.45, 7) is 2.55. The maximum atomic E-state index is 12.3. The van der Waals surface area contributed by atoms with E-state index in [-0.39, 0.29) is 12.5 Å². The van der Waals surface area contributed by atoms with E-state index in [2.05, 4.69) is 15.9 Å². The van der Waals surface area contributed by atoms with Crippen molar-refractivity contribution in [3.63, 3.8) is 0 Å². The van der Waals surface area contributed by atoms with Crippen LogP contribution in [0.2, 0.25) is 0 Å². The summed E-state index contributed by atoms with van der Waals surface area (Å²) >= 11 is 3.34. The molecule has 0 spiro atoms. The van der Waals surface area contributed by atoms with Gasteiger partial charge in [-0.3, -0.25) is 9.59 Å². The fourth-order valence-electron chi connectivity index (χ4n) is 2.40. The monoisotopic (exact) mass is 355 g/mol. The Morgan fingerprint density at radius 2 is 2.05 bits per heavy atom. The first kappa shape index (κ1) is 15.8. The molecule has 6 heteroatoms. The van der Waals surface area contributed by atoms with Crippen LogP contribution in [0.25, 0.3) is 0 Å². The first-order chi connectivity index (χ1) is 9.97. The van der Waals surface area contributed by atoms with Gasteiger partial charge in [0.25, 0.3) is 5.91 Å². The number of hydrogen-bond acceptors (Lipinski definition) is 3. The number of likely N-dealkylation sites (tertiary alicyclic amines) is 1. The molecular weight excluding hydrogens is 338 g/mol.